The van der Waals surface area contributed by atoms with Crippen molar-refractivity contribution >= 4 is 23.5 Å². The molecule has 3 fully saturated rings. The summed E-state index contributed by atoms with van der Waals surface area (Å²) >= 11 is 0. The Balaban J connectivity index is 1.62. The van der Waals surface area contributed by atoms with Gasteiger partial charge in [0.2, 0.25) is 5.91 Å². The van der Waals surface area contributed by atoms with Crippen LogP contribution in [0, 0.1) is 11.8 Å². The Morgan fingerprint density at radius 1 is 1.20 bits per heavy atom. The van der Waals surface area contributed by atoms with Crippen molar-refractivity contribution in [1.29, 1.82) is 0 Å². The maximum Gasteiger partial charge on any atom is 0.312 e. The van der Waals surface area contributed by atoms with Crippen molar-refractivity contribution < 1.29 is 33.7 Å². The molecule has 3 aliphatic rings. The molecule has 41 heavy (non-hydrogen) atoms. The van der Waals surface area contributed by atoms with Gasteiger partial charge in [-0.3, -0.25) is 14.4 Å². The number of amides is 2. The van der Waals surface area contributed by atoms with Gasteiger partial charge in [0.15, 0.2) is 0 Å². The number of aliphatic hydroxyl groups is 1. The highest BCUT2D eigenvalue weighted by Gasteiger charge is 2.79. The number of hydrogen-bond donors (Lipinski definition) is 1. The number of fused-ring (bicyclic) bond motifs is 1. The zero-order valence-corrected chi connectivity index (χ0v) is 23.8. The van der Waals surface area contributed by atoms with Gasteiger partial charge in [0, 0.05) is 12.2 Å². The maximum absolute atomic E-state index is 14.7. The molecule has 2 unspecified atom stereocenters. The Morgan fingerprint density at radius 3 is 2.51 bits per heavy atom. The quantitative estimate of drug-likeness (QED) is 0.331. The molecule has 5 rings (SSSR count). The molecule has 9 nitrogen and oxygen atoms in total. The summed E-state index contributed by atoms with van der Waals surface area (Å²) in [7, 11) is 1.57. The van der Waals surface area contributed by atoms with E-state index in [0.717, 1.165) is 5.56 Å². The lowest BCUT2D eigenvalue weighted by Gasteiger charge is -2.39. The fraction of sp³-hybridized carbons (Fsp3) is 0.469. The van der Waals surface area contributed by atoms with E-state index in [9.17, 15) is 19.5 Å². The summed E-state index contributed by atoms with van der Waals surface area (Å²) < 4.78 is 17.4. The molecule has 1 N–H and O–H groups in total. The van der Waals surface area contributed by atoms with Crippen LogP contribution in [0.4, 0.5) is 5.69 Å². The van der Waals surface area contributed by atoms with E-state index in [4.69, 9.17) is 14.2 Å². The van der Waals surface area contributed by atoms with Gasteiger partial charge in [-0.05, 0) is 62.9 Å². The predicted molar refractivity (Wildman–Crippen MR) is 152 cm³/mol. The number of likely N-dealkylation sites (tertiary alicyclic amines) is 1. The molecule has 6 atom stereocenters. The molecule has 0 aliphatic carbocycles. The molecule has 2 aromatic carbocycles. The van der Waals surface area contributed by atoms with E-state index in [1.807, 2.05) is 37.3 Å². The molecule has 3 saturated heterocycles. The van der Waals surface area contributed by atoms with Crippen LogP contribution < -0.4 is 9.64 Å². The lowest BCUT2D eigenvalue weighted by atomic mass is 9.66. The number of benzene rings is 2. The summed E-state index contributed by atoms with van der Waals surface area (Å²) in [4.78, 5) is 45.6. The molecular weight excluding hydrogens is 524 g/mol. The Kier molecular flexibility index (Phi) is 7.94. The predicted octanol–water partition coefficient (Wildman–Crippen LogP) is 3.15. The topological polar surface area (TPSA) is 106 Å². The van der Waals surface area contributed by atoms with E-state index in [0.29, 0.717) is 30.7 Å². The summed E-state index contributed by atoms with van der Waals surface area (Å²) in [6.07, 6.45) is 2.89. The molecule has 2 amide bonds. The standard InChI is InChI=1S/C32H38N2O7/c1-5-18-33(22-12-14-24(39-4)15-13-22)29(37)27-32-17-16-31(3,41-32)26(30(38)40-6-2)25(32)28(36)34(27)23(20-35)19-21-10-8-7-9-11-21/h5,7-15,23,25-27,35H,1,6,16-20H2,2-4H3/t23-,25+,26-,27?,31+,32?/m1/s1. The Labute approximate surface area is 240 Å². The number of nitrogens with zero attached hydrogens (tertiary/aromatic N) is 2. The second kappa shape index (κ2) is 11.3. The largest absolute Gasteiger partial charge is 0.497 e. The molecule has 9 heteroatoms. The van der Waals surface area contributed by atoms with Gasteiger partial charge in [-0.25, -0.2) is 0 Å². The number of methoxy groups -OCH3 is 1. The first-order chi connectivity index (χ1) is 19.7. The van der Waals surface area contributed by atoms with Crippen LogP contribution in [0.3, 0.4) is 0 Å². The number of esters is 1. The summed E-state index contributed by atoms with van der Waals surface area (Å²) in [6, 6.07) is 14.8. The number of carbonyl (C=O) groups excluding carboxylic acids is 3. The third-order valence-electron chi connectivity index (χ3n) is 8.87. The van der Waals surface area contributed by atoms with Crippen LogP contribution in [0.2, 0.25) is 0 Å². The minimum absolute atomic E-state index is 0.170. The number of aliphatic hydroxyl groups excluding tert-OH is 1. The average molecular weight is 563 g/mol. The molecule has 218 valence electrons. The first-order valence-corrected chi connectivity index (χ1v) is 14.1. The molecular formula is C32H38N2O7. The number of carbonyl (C=O) groups is 3. The van der Waals surface area contributed by atoms with Gasteiger partial charge >= 0.3 is 5.97 Å². The van der Waals surface area contributed by atoms with Gasteiger partial charge in [-0.2, -0.15) is 0 Å². The third kappa shape index (κ3) is 4.71. The number of ether oxygens (including phenoxy) is 3. The third-order valence-corrected chi connectivity index (χ3v) is 8.87. The number of hydrogen-bond acceptors (Lipinski definition) is 7. The lowest BCUT2D eigenvalue weighted by Crippen LogP contribution is -2.59. The highest BCUT2D eigenvalue weighted by molar-refractivity contribution is 6.05. The summed E-state index contributed by atoms with van der Waals surface area (Å²) in [5, 5.41) is 10.6. The Bertz CT molecular complexity index is 1300. The monoisotopic (exact) mass is 562 g/mol. The van der Waals surface area contributed by atoms with Crippen molar-refractivity contribution in [3.05, 3.63) is 72.8 Å². The fourth-order valence-electron chi connectivity index (χ4n) is 7.12. The van der Waals surface area contributed by atoms with Crippen LogP contribution in [-0.2, 0) is 30.3 Å². The van der Waals surface area contributed by atoms with Gasteiger partial charge in [0.25, 0.3) is 5.91 Å². The molecule has 0 radical (unpaired) electrons. The van der Waals surface area contributed by atoms with Crippen molar-refractivity contribution in [2.45, 2.75) is 56.4 Å². The van der Waals surface area contributed by atoms with Crippen molar-refractivity contribution in [3.8, 4) is 5.75 Å². The van der Waals surface area contributed by atoms with Gasteiger partial charge in [-0.1, -0.05) is 36.4 Å². The molecule has 2 aromatic rings. The van der Waals surface area contributed by atoms with E-state index in [1.165, 1.54) is 4.90 Å². The minimum Gasteiger partial charge on any atom is -0.497 e. The van der Waals surface area contributed by atoms with Crippen LogP contribution >= 0.6 is 0 Å². The van der Waals surface area contributed by atoms with E-state index in [2.05, 4.69) is 6.58 Å². The van der Waals surface area contributed by atoms with Gasteiger partial charge in [0.1, 0.15) is 23.3 Å². The van der Waals surface area contributed by atoms with Gasteiger partial charge < -0.3 is 29.1 Å². The van der Waals surface area contributed by atoms with Crippen LogP contribution in [0.5, 0.6) is 5.75 Å². The SMILES string of the molecule is C=CCN(C(=O)C1N([C@@H](CO)Cc2ccccc2)C(=O)[C@@H]2[C@H](C(=O)OCC)[C@]3(C)CCC12O3)c1ccc(OC)cc1. The van der Waals surface area contributed by atoms with Crippen LogP contribution in [0.25, 0.3) is 0 Å². The summed E-state index contributed by atoms with van der Waals surface area (Å²) in [5.41, 5.74) is -0.657. The number of rotatable bonds is 11. The van der Waals surface area contributed by atoms with E-state index < -0.39 is 41.1 Å². The van der Waals surface area contributed by atoms with Gasteiger partial charge in [0.05, 0.1) is 37.9 Å². The fourth-order valence-corrected chi connectivity index (χ4v) is 7.12. The molecule has 3 aliphatic heterocycles. The van der Waals surface area contributed by atoms with Crippen LogP contribution in [0.1, 0.15) is 32.3 Å². The summed E-state index contributed by atoms with van der Waals surface area (Å²) in [6.45, 7) is 7.41. The Hall–Kier alpha value is -3.69. The van der Waals surface area contributed by atoms with Gasteiger partial charge in [-0.15, -0.1) is 6.58 Å². The average Bonchev–Trinajstić information content (AvgIpc) is 3.55. The lowest BCUT2D eigenvalue weighted by molar-refractivity contribution is -0.160. The normalized spacial score (nSPS) is 28.7. The second-order valence-electron chi connectivity index (χ2n) is 11.2. The minimum atomic E-state index is -1.24. The second-order valence-corrected chi connectivity index (χ2v) is 11.2. The van der Waals surface area contributed by atoms with Crippen molar-refractivity contribution in [3.63, 3.8) is 0 Å². The zero-order chi connectivity index (χ0) is 29.4. The molecule has 0 aromatic heterocycles. The van der Waals surface area contributed by atoms with E-state index in [1.54, 1.807) is 49.3 Å². The Morgan fingerprint density at radius 2 is 1.90 bits per heavy atom. The number of anilines is 1. The molecule has 3 heterocycles. The van der Waals surface area contributed by atoms with Crippen molar-refractivity contribution in [1.82, 2.24) is 4.90 Å². The smallest absolute Gasteiger partial charge is 0.312 e. The van der Waals surface area contributed by atoms with E-state index in [-0.39, 0.29) is 31.6 Å². The van der Waals surface area contributed by atoms with Crippen molar-refractivity contribution in [2.24, 2.45) is 11.8 Å². The van der Waals surface area contributed by atoms with Crippen LogP contribution in [-0.4, -0.2) is 77.9 Å². The first kappa shape index (κ1) is 28.8. The zero-order valence-electron chi connectivity index (χ0n) is 23.8. The van der Waals surface area contributed by atoms with Crippen LogP contribution in [0.15, 0.2) is 67.3 Å². The van der Waals surface area contributed by atoms with Crippen molar-refractivity contribution in [2.75, 3.05) is 31.8 Å². The first-order valence-electron chi connectivity index (χ1n) is 14.1. The summed E-state index contributed by atoms with van der Waals surface area (Å²) in [5.74, 6) is -2.33. The maximum atomic E-state index is 14.7. The highest BCUT2D eigenvalue weighted by atomic mass is 16.6. The highest BCUT2D eigenvalue weighted by Crippen LogP contribution is 2.63. The molecule has 0 saturated carbocycles. The molecule has 1 spiro atoms. The molecule has 2 bridgehead atoms. The van der Waals surface area contributed by atoms with E-state index >= 15 is 0 Å².